The van der Waals surface area contributed by atoms with Crippen LogP contribution in [0.3, 0.4) is 0 Å². The van der Waals surface area contributed by atoms with Crippen molar-refractivity contribution in [3.8, 4) is 0 Å². The van der Waals surface area contributed by atoms with Crippen molar-refractivity contribution in [1.82, 2.24) is 0 Å². The van der Waals surface area contributed by atoms with E-state index in [-0.39, 0.29) is 5.06 Å². The predicted octanol–water partition coefficient (Wildman–Crippen LogP) is -0.562. The van der Waals surface area contributed by atoms with Crippen LogP contribution in [0.25, 0.3) is 0 Å². The molecule has 0 bridgehead atoms. The lowest BCUT2D eigenvalue weighted by molar-refractivity contribution is -0.675. The van der Waals surface area contributed by atoms with Gasteiger partial charge < -0.3 is 10.3 Å². The molecular weight excluding hydrogens is 104 g/mol. The Hall–Kier alpha value is -0.930. The molecule has 3 nitrogen and oxygen atoms in total. The fourth-order valence-corrected chi connectivity index (χ4v) is 0.409. The summed E-state index contributed by atoms with van der Waals surface area (Å²) in [5, 5.41) is 10.3. The third-order valence-electron chi connectivity index (χ3n) is 0.746. The van der Waals surface area contributed by atoms with Crippen molar-refractivity contribution < 1.29 is 5.06 Å². The minimum Gasteiger partial charge on any atom is -0.623 e. The number of hydroxylamine groups is 2. The number of aliphatic imine (C=N–C) groups is 1. The van der Waals surface area contributed by atoms with Gasteiger partial charge in [-0.05, 0) is 12.2 Å². The summed E-state index contributed by atoms with van der Waals surface area (Å²) in [4.78, 5) is 3.63. The lowest BCUT2D eigenvalue weighted by atomic mass is 10.6. The van der Waals surface area contributed by atoms with Gasteiger partial charge in [-0.1, -0.05) is 0 Å². The number of nitrogens with zero attached hydrogens (tertiary/aromatic N) is 1. The summed E-state index contributed by atoms with van der Waals surface area (Å²) in [6, 6.07) is 0. The number of nitrogens with one attached hydrogen (secondary N) is 1. The van der Waals surface area contributed by atoms with Gasteiger partial charge in [0.05, 0.1) is 0 Å². The molecule has 8 heavy (non-hydrogen) atoms. The molecule has 1 unspecified atom stereocenters. The van der Waals surface area contributed by atoms with Gasteiger partial charge in [-0.25, -0.2) is 4.99 Å². The molecule has 1 aliphatic heterocycles. The Morgan fingerprint density at radius 2 is 2.25 bits per heavy atom. The highest BCUT2D eigenvalue weighted by Crippen LogP contribution is 1.75. The van der Waals surface area contributed by atoms with Gasteiger partial charge in [0.2, 0.25) is 0 Å². The van der Waals surface area contributed by atoms with Crippen LogP contribution in [0.4, 0.5) is 0 Å². The molecule has 0 saturated heterocycles. The zero-order valence-corrected chi connectivity index (χ0v) is 4.24. The summed E-state index contributed by atoms with van der Waals surface area (Å²) in [7, 11) is 0. The van der Waals surface area contributed by atoms with Gasteiger partial charge in [0.15, 0.2) is 6.34 Å². The van der Waals surface area contributed by atoms with Gasteiger partial charge in [-0.2, -0.15) is 0 Å². The predicted molar refractivity (Wildman–Crippen MR) is 31.1 cm³/mol. The Balaban J connectivity index is 2.66. The van der Waals surface area contributed by atoms with Gasteiger partial charge in [0.25, 0.3) is 0 Å². The second kappa shape index (κ2) is 2.40. The highest BCUT2D eigenvalue weighted by atomic mass is 16.5. The van der Waals surface area contributed by atoms with E-state index in [1.54, 1.807) is 18.4 Å². The third-order valence-corrected chi connectivity index (χ3v) is 0.746. The molecule has 0 fully saturated rings. The fraction of sp³-hybridized carbons (Fsp3) is 0. The molecule has 0 aromatic rings. The van der Waals surface area contributed by atoms with Crippen molar-refractivity contribution in [3.63, 3.8) is 0 Å². The van der Waals surface area contributed by atoms with E-state index in [0.29, 0.717) is 0 Å². The molecule has 1 rings (SSSR count). The van der Waals surface area contributed by atoms with E-state index in [1.165, 1.54) is 12.5 Å². The van der Waals surface area contributed by atoms with E-state index < -0.39 is 0 Å². The van der Waals surface area contributed by atoms with Gasteiger partial charge >= 0.3 is 0 Å². The maximum atomic E-state index is 10.4. The normalized spacial score (nSPS) is 25.9. The summed E-state index contributed by atoms with van der Waals surface area (Å²) in [5.74, 6) is 0. The fourth-order valence-electron chi connectivity index (χ4n) is 0.409. The van der Waals surface area contributed by atoms with Crippen molar-refractivity contribution in [2.75, 3.05) is 0 Å². The van der Waals surface area contributed by atoms with Gasteiger partial charge in [-0.3, -0.25) is 0 Å². The molecule has 42 valence electrons. The highest BCUT2D eigenvalue weighted by Gasteiger charge is 1.82. The molecule has 0 saturated carbocycles. The second-order valence-electron chi connectivity index (χ2n) is 1.38. The molecule has 0 aromatic heterocycles. The molecule has 1 aliphatic rings. The first-order valence-electron chi connectivity index (χ1n) is 2.30. The maximum Gasteiger partial charge on any atom is 0.192 e. The first-order chi connectivity index (χ1) is 3.89. The Morgan fingerprint density at radius 1 is 1.38 bits per heavy atom. The standard InChI is InChI=1S/C5H6N2O/c8-7-4-2-1-3-6-5-7/h1-5,7H. The minimum atomic E-state index is -0.0602. The van der Waals surface area contributed by atoms with Gasteiger partial charge in [-0.15, -0.1) is 0 Å². The molecule has 0 spiro atoms. The average molecular weight is 110 g/mol. The summed E-state index contributed by atoms with van der Waals surface area (Å²) in [6.07, 6.45) is 7.69. The molecule has 1 atom stereocenters. The Kier molecular flexibility index (Phi) is 1.56. The van der Waals surface area contributed by atoms with Crippen LogP contribution < -0.4 is 5.06 Å². The van der Waals surface area contributed by atoms with Gasteiger partial charge in [0.1, 0.15) is 6.20 Å². The van der Waals surface area contributed by atoms with Crippen LogP contribution in [0.2, 0.25) is 0 Å². The van der Waals surface area contributed by atoms with Crippen LogP contribution in [0.1, 0.15) is 0 Å². The zero-order valence-electron chi connectivity index (χ0n) is 4.24. The number of hydrogen-bond acceptors (Lipinski definition) is 2. The number of quaternary nitrogens is 1. The van der Waals surface area contributed by atoms with Gasteiger partial charge in [0, 0.05) is 6.20 Å². The van der Waals surface area contributed by atoms with E-state index in [4.69, 9.17) is 0 Å². The molecule has 0 aliphatic carbocycles. The second-order valence-corrected chi connectivity index (χ2v) is 1.38. The average Bonchev–Trinajstić information content (AvgIpc) is 1.94. The van der Waals surface area contributed by atoms with E-state index in [1.807, 2.05) is 0 Å². The van der Waals surface area contributed by atoms with Crippen LogP contribution in [0.15, 0.2) is 29.5 Å². The number of hydrogen-bond donors (Lipinski definition) is 1. The molecule has 0 radical (unpaired) electrons. The zero-order chi connectivity index (χ0) is 5.82. The lowest BCUT2D eigenvalue weighted by Crippen LogP contribution is -3.00. The van der Waals surface area contributed by atoms with Crippen LogP contribution in [-0.4, -0.2) is 6.34 Å². The van der Waals surface area contributed by atoms with Crippen LogP contribution in [-0.2, 0) is 0 Å². The van der Waals surface area contributed by atoms with Crippen molar-refractivity contribution in [2.24, 2.45) is 4.99 Å². The highest BCUT2D eigenvalue weighted by molar-refractivity contribution is 5.46. The monoisotopic (exact) mass is 110 g/mol. The summed E-state index contributed by atoms with van der Waals surface area (Å²) >= 11 is 0. The summed E-state index contributed by atoms with van der Waals surface area (Å²) in [6.45, 7) is 0. The lowest BCUT2D eigenvalue weighted by Gasteiger charge is -2.06. The Bertz CT molecular complexity index is 133. The van der Waals surface area contributed by atoms with Crippen molar-refractivity contribution in [2.45, 2.75) is 0 Å². The van der Waals surface area contributed by atoms with E-state index in [0.717, 1.165) is 0 Å². The first kappa shape index (κ1) is 5.21. The molecular formula is C5H6N2O. The van der Waals surface area contributed by atoms with Crippen LogP contribution in [0, 0.1) is 5.21 Å². The van der Waals surface area contributed by atoms with Crippen LogP contribution >= 0.6 is 0 Å². The number of allylic oxidation sites excluding steroid dienone is 2. The van der Waals surface area contributed by atoms with E-state index >= 15 is 0 Å². The number of rotatable bonds is 0. The maximum absolute atomic E-state index is 10.4. The van der Waals surface area contributed by atoms with Crippen molar-refractivity contribution >= 4 is 6.34 Å². The van der Waals surface area contributed by atoms with Crippen molar-refractivity contribution in [3.05, 3.63) is 29.8 Å². The largest absolute Gasteiger partial charge is 0.623 e. The van der Waals surface area contributed by atoms with Crippen LogP contribution in [0.5, 0.6) is 0 Å². The summed E-state index contributed by atoms with van der Waals surface area (Å²) < 4.78 is 0. The topological polar surface area (TPSA) is 39.9 Å². The van der Waals surface area contributed by atoms with Crippen molar-refractivity contribution in [1.29, 1.82) is 0 Å². The minimum absolute atomic E-state index is 0.0602. The third kappa shape index (κ3) is 1.29. The molecule has 3 heteroatoms. The summed E-state index contributed by atoms with van der Waals surface area (Å²) in [5.41, 5.74) is 0. The first-order valence-corrected chi connectivity index (χ1v) is 2.30. The van der Waals surface area contributed by atoms with E-state index in [9.17, 15) is 5.21 Å². The quantitative estimate of drug-likeness (QED) is 0.417. The molecule has 0 amide bonds. The molecule has 1 heterocycles. The molecule has 0 aromatic carbocycles. The molecule has 1 N–H and O–H groups in total. The Morgan fingerprint density at radius 3 is 3.12 bits per heavy atom. The van der Waals surface area contributed by atoms with E-state index in [2.05, 4.69) is 4.99 Å². The Labute approximate surface area is 47.2 Å². The smallest absolute Gasteiger partial charge is 0.192 e. The SMILES string of the molecule is [O-][NH+]1C=CC=CN=C1.